The molecule has 1 aliphatic heterocycles. The molecule has 1 saturated heterocycles. The summed E-state index contributed by atoms with van der Waals surface area (Å²) >= 11 is 0. The molecular formula is C23H25FN2O2. The highest BCUT2D eigenvalue weighted by molar-refractivity contribution is 5.98. The lowest BCUT2D eigenvalue weighted by molar-refractivity contribution is -0.125. The van der Waals surface area contributed by atoms with E-state index in [1.54, 1.807) is 12.1 Å². The van der Waals surface area contributed by atoms with Crippen molar-refractivity contribution in [1.29, 1.82) is 0 Å². The summed E-state index contributed by atoms with van der Waals surface area (Å²) < 4.78 is 13.1. The molecule has 2 aromatic rings. The summed E-state index contributed by atoms with van der Waals surface area (Å²) in [4.78, 5) is 28.1. The van der Waals surface area contributed by atoms with Crippen molar-refractivity contribution in [3.05, 3.63) is 71.5 Å². The predicted octanol–water partition coefficient (Wildman–Crippen LogP) is 3.92. The number of nitrogens with zero attached hydrogens (tertiary/aromatic N) is 1. The van der Waals surface area contributed by atoms with Gasteiger partial charge >= 0.3 is 0 Å². The number of hydrogen-bond donors (Lipinski definition) is 1. The van der Waals surface area contributed by atoms with E-state index in [9.17, 15) is 14.0 Å². The van der Waals surface area contributed by atoms with Crippen LogP contribution in [0.4, 0.5) is 4.39 Å². The van der Waals surface area contributed by atoms with Crippen LogP contribution in [0, 0.1) is 11.7 Å². The maximum Gasteiger partial charge on any atom is 0.254 e. The van der Waals surface area contributed by atoms with Gasteiger partial charge in [-0.25, -0.2) is 4.39 Å². The summed E-state index contributed by atoms with van der Waals surface area (Å²) in [7, 11) is 0. The Hall–Kier alpha value is -2.69. The molecule has 146 valence electrons. The van der Waals surface area contributed by atoms with Crippen molar-refractivity contribution in [1.82, 2.24) is 10.2 Å². The van der Waals surface area contributed by atoms with Gasteiger partial charge in [0.2, 0.25) is 5.91 Å². The van der Waals surface area contributed by atoms with E-state index in [0.29, 0.717) is 18.0 Å². The fourth-order valence-corrected chi connectivity index (χ4v) is 4.63. The van der Waals surface area contributed by atoms with Crippen molar-refractivity contribution in [3.8, 4) is 0 Å². The zero-order chi connectivity index (χ0) is 19.5. The molecule has 0 spiro atoms. The van der Waals surface area contributed by atoms with Crippen LogP contribution in [0.3, 0.4) is 0 Å². The van der Waals surface area contributed by atoms with E-state index in [-0.39, 0.29) is 23.7 Å². The maximum absolute atomic E-state index is 13.2. The molecule has 1 heterocycles. The molecule has 2 aromatic carbocycles. The summed E-state index contributed by atoms with van der Waals surface area (Å²) in [6, 6.07) is 15.0. The minimum Gasteiger partial charge on any atom is -0.350 e. The average molecular weight is 380 g/mol. The van der Waals surface area contributed by atoms with E-state index < -0.39 is 6.04 Å². The molecule has 5 heteroatoms. The second kappa shape index (κ2) is 8.13. The highest BCUT2D eigenvalue weighted by Crippen LogP contribution is 2.40. The second-order valence-electron chi connectivity index (χ2n) is 7.79. The number of likely N-dealkylation sites (tertiary alicyclic amines) is 1. The Morgan fingerprint density at radius 1 is 1.00 bits per heavy atom. The third-order valence-corrected chi connectivity index (χ3v) is 6.03. The van der Waals surface area contributed by atoms with E-state index in [2.05, 4.69) is 5.32 Å². The molecule has 4 rings (SSSR count). The molecule has 3 atom stereocenters. The topological polar surface area (TPSA) is 49.4 Å². The monoisotopic (exact) mass is 380 g/mol. The molecule has 1 aliphatic carbocycles. The summed E-state index contributed by atoms with van der Waals surface area (Å²) in [5.74, 6) is -0.0856. The van der Waals surface area contributed by atoms with Crippen LogP contribution in [0.2, 0.25) is 0 Å². The maximum atomic E-state index is 13.2. The van der Waals surface area contributed by atoms with Gasteiger partial charge in [-0.3, -0.25) is 9.59 Å². The standard InChI is InChI=1S/C23H25FN2O2/c24-19-12-10-16(11-13-19)15-25-22(27)21-14-18-8-4-5-9-20(18)26(21)23(28)17-6-2-1-3-7-17/h1-3,6-7,10-13,18,20-21H,4-5,8-9,14-15H2,(H,25,27). The van der Waals surface area contributed by atoms with Gasteiger partial charge in [-0.1, -0.05) is 43.2 Å². The first kappa shape index (κ1) is 18.7. The van der Waals surface area contributed by atoms with Crippen LogP contribution in [-0.4, -0.2) is 28.8 Å². The Bertz CT molecular complexity index is 837. The normalized spacial score (nSPS) is 23.9. The van der Waals surface area contributed by atoms with E-state index in [1.807, 2.05) is 35.2 Å². The third-order valence-electron chi connectivity index (χ3n) is 6.03. The molecule has 3 unspecified atom stereocenters. The Kier molecular flexibility index (Phi) is 5.42. The van der Waals surface area contributed by atoms with Gasteiger partial charge in [0.25, 0.3) is 5.91 Å². The van der Waals surface area contributed by atoms with Crippen LogP contribution in [0.1, 0.15) is 48.0 Å². The smallest absolute Gasteiger partial charge is 0.254 e. The van der Waals surface area contributed by atoms with Gasteiger partial charge in [0.15, 0.2) is 0 Å². The van der Waals surface area contributed by atoms with E-state index in [1.165, 1.54) is 18.6 Å². The molecule has 0 aromatic heterocycles. The quantitative estimate of drug-likeness (QED) is 0.874. The first-order chi connectivity index (χ1) is 13.6. The molecule has 1 saturated carbocycles. The molecule has 1 N–H and O–H groups in total. The van der Waals surface area contributed by atoms with Crippen molar-refractivity contribution in [2.45, 2.75) is 50.7 Å². The molecular weight excluding hydrogens is 355 g/mol. The predicted molar refractivity (Wildman–Crippen MR) is 105 cm³/mol. The third kappa shape index (κ3) is 3.79. The molecule has 2 aliphatic rings. The molecule has 2 amide bonds. The van der Waals surface area contributed by atoms with Crippen LogP contribution in [0.5, 0.6) is 0 Å². The van der Waals surface area contributed by atoms with Gasteiger partial charge in [-0.15, -0.1) is 0 Å². The lowest BCUT2D eigenvalue weighted by Crippen LogP contribution is -2.49. The number of nitrogens with one attached hydrogen (secondary N) is 1. The van der Waals surface area contributed by atoms with Crippen molar-refractivity contribution < 1.29 is 14.0 Å². The Morgan fingerprint density at radius 2 is 1.71 bits per heavy atom. The number of carbonyl (C=O) groups is 2. The summed E-state index contributed by atoms with van der Waals surface area (Å²) in [6.45, 7) is 0.332. The molecule has 0 radical (unpaired) electrons. The highest BCUT2D eigenvalue weighted by atomic mass is 19.1. The Balaban J connectivity index is 1.52. The molecule has 28 heavy (non-hydrogen) atoms. The minimum absolute atomic E-state index is 0.0584. The zero-order valence-corrected chi connectivity index (χ0v) is 15.8. The number of amides is 2. The van der Waals surface area contributed by atoms with Gasteiger partial charge in [-0.05, 0) is 55.0 Å². The summed E-state index contributed by atoms with van der Waals surface area (Å²) in [6.07, 6.45) is 5.02. The van der Waals surface area contributed by atoms with Crippen molar-refractivity contribution in [3.63, 3.8) is 0 Å². The van der Waals surface area contributed by atoms with Gasteiger partial charge < -0.3 is 10.2 Å². The largest absolute Gasteiger partial charge is 0.350 e. The van der Waals surface area contributed by atoms with E-state index >= 15 is 0 Å². The summed E-state index contributed by atoms with van der Waals surface area (Å²) in [5, 5.41) is 2.95. The van der Waals surface area contributed by atoms with Crippen molar-refractivity contribution in [2.24, 2.45) is 5.92 Å². The van der Waals surface area contributed by atoms with E-state index in [0.717, 1.165) is 31.2 Å². The van der Waals surface area contributed by atoms with Crippen LogP contribution < -0.4 is 5.32 Å². The molecule has 2 fully saturated rings. The van der Waals surface area contributed by atoms with E-state index in [4.69, 9.17) is 0 Å². The number of carbonyl (C=O) groups excluding carboxylic acids is 2. The number of halogens is 1. The Labute approximate surface area is 164 Å². The van der Waals surface area contributed by atoms with Gasteiger partial charge in [0.05, 0.1) is 0 Å². The van der Waals surface area contributed by atoms with Crippen molar-refractivity contribution >= 4 is 11.8 Å². The van der Waals surface area contributed by atoms with Gasteiger partial charge in [-0.2, -0.15) is 0 Å². The fourth-order valence-electron chi connectivity index (χ4n) is 4.63. The molecule has 4 nitrogen and oxygen atoms in total. The second-order valence-corrected chi connectivity index (χ2v) is 7.79. The molecule has 0 bridgehead atoms. The fraction of sp³-hybridized carbons (Fsp3) is 0.391. The van der Waals surface area contributed by atoms with Crippen LogP contribution >= 0.6 is 0 Å². The lowest BCUT2D eigenvalue weighted by Gasteiger charge is -2.33. The number of fused-ring (bicyclic) bond motifs is 1. The van der Waals surface area contributed by atoms with Gasteiger partial charge in [0.1, 0.15) is 11.9 Å². The van der Waals surface area contributed by atoms with Crippen LogP contribution in [-0.2, 0) is 11.3 Å². The highest BCUT2D eigenvalue weighted by Gasteiger charge is 2.47. The average Bonchev–Trinajstić information content (AvgIpc) is 3.13. The first-order valence-electron chi connectivity index (χ1n) is 10.0. The zero-order valence-electron chi connectivity index (χ0n) is 15.8. The SMILES string of the molecule is O=C(NCc1ccc(F)cc1)C1CC2CCCCC2N1C(=O)c1ccccc1. The van der Waals surface area contributed by atoms with Gasteiger partial charge in [0, 0.05) is 18.2 Å². The number of hydrogen-bond acceptors (Lipinski definition) is 2. The number of rotatable bonds is 4. The van der Waals surface area contributed by atoms with Crippen LogP contribution in [0.15, 0.2) is 54.6 Å². The number of benzene rings is 2. The van der Waals surface area contributed by atoms with Crippen molar-refractivity contribution in [2.75, 3.05) is 0 Å². The first-order valence-corrected chi connectivity index (χ1v) is 10.0. The van der Waals surface area contributed by atoms with Crippen LogP contribution in [0.25, 0.3) is 0 Å². The lowest BCUT2D eigenvalue weighted by atomic mass is 9.84. The minimum atomic E-state index is -0.443. The summed E-state index contributed by atoms with van der Waals surface area (Å²) in [5.41, 5.74) is 1.47. The Morgan fingerprint density at radius 3 is 2.46 bits per heavy atom.